The van der Waals surface area contributed by atoms with Gasteiger partial charge in [0, 0.05) is 26.2 Å². The molecule has 0 aromatic rings. The largest absolute Gasteiger partial charge is 0.376 e. The van der Waals surface area contributed by atoms with E-state index in [1.807, 2.05) is 0 Å². The van der Waals surface area contributed by atoms with Gasteiger partial charge in [-0.1, -0.05) is 27.7 Å². The molecule has 1 aliphatic rings. The Morgan fingerprint density at radius 2 is 1.95 bits per heavy atom. The highest BCUT2D eigenvalue weighted by Crippen LogP contribution is 2.12. The van der Waals surface area contributed by atoms with Crippen LogP contribution in [0.4, 0.5) is 0 Å². The number of hydrogen-bond acceptors (Lipinski definition) is 3. The van der Waals surface area contributed by atoms with Crippen LogP contribution < -0.4 is 0 Å². The lowest BCUT2D eigenvalue weighted by Crippen LogP contribution is -2.44. The molecule has 0 radical (unpaired) electrons. The molecule has 1 fully saturated rings. The molecular formula is C17H36N2O. The Bertz CT molecular complexity index is 243. The maximum absolute atomic E-state index is 5.92. The average molecular weight is 284 g/mol. The van der Waals surface area contributed by atoms with Gasteiger partial charge in [0.25, 0.3) is 0 Å². The van der Waals surface area contributed by atoms with Crippen molar-refractivity contribution < 1.29 is 4.74 Å². The molecule has 0 aromatic carbocycles. The van der Waals surface area contributed by atoms with Gasteiger partial charge in [0.05, 0.1) is 12.7 Å². The van der Waals surface area contributed by atoms with Gasteiger partial charge in [-0.3, -0.25) is 4.90 Å². The van der Waals surface area contributed by atoms with E-state index in [0.29, 0.717) is 6.10 Å². The number of hydrogen-bond donors (Lipinski definition) is 0. The van der Waals surface area contributed by atoms with E-state index in [2.05, 4.69) is 44.5 Å². The molecule has 0 bridgehead atoms. The van der Waals surface area contributed by atoms with Crippen LogP contribution in [0.3, 0.4) is 0 Å². The first-order valence-electron chi connectivity index (χ1n) is 8.50. The lowest BCUT2D eigenvalue weighted by atomic mass is 10.1. The summed E-state index contributed by atoms with van der Waals surface area (Å²) in [5.74, 6) is 1.58. The lowest BCUT2D eigenvalue weighted by Gasteiger charge is -2.34. The standard InChI is InChI=1S/C17H36N2O/c1-15(2)7-6-9-19-11-12-20-17(14-19)8-10-18(5)13-16(3)4/h15-17H,6-14H2,1-5H3. The van der Waals surface area contributed by atoms with Crippen LogP contribution >= 0.6 is 0 Å². The summed E-state index contributed by atoms with van der Waals surface area (Å²) in [5.41, 5.74) is 0. The average Bonchev–Trinajstić information content (AvgIpc) is 2.36. The van der Waals surface area contributed by atoms with Gasteiger partial charge in [0.1, 0.15) is 0 Å². The Morgan fingerprint density at radius 1 is 1.20 bits per heavy atom. The maximum Gasteiger partial charge on any atom is 0.0714 e. The van der Waals surface area contributed by atoms with E-state index in [1.165, 1.54) is 32.4 Å². The highest BCUT2D eigenvalue weighted by atomic mass is 16.5. The maximum atomic E-state index is 5.92. The Balaban J connectivity index is 2.16. The van der Waals surface area contributed by atoms with E-state index in [9.17, 15) is 0 Å². The van der Waals surface area contributed by atoms with E-state index in [-0.39, 0.29) is 0 Å². The van der Waals surface area contributed by atoms with Gasteiger partial charge in [-0.25, -0.2) is 0 Å². The first-order chi connectivity index (χ1) is 9.47. The summed E-state index contributed by atoms with van der Waals surface area (Å²) >= 11 is 0. The molecule has 0 amide bonds. The van der Waals surface area contributed by atoms with Crippen LogP contribution in [0.1, 0.15) is 47.0 Å². The molecule has 0 N–H and O–H groups in total. The quantitative estimate of drug-likeness (QED) is 0.647. The zero-order chi connectivity index (χ0) is 15.0. The predicted molar refractivity (Wildman–Crippen MR) is 87.2 cm³/mol. The van der Waals surface area contributed by atoms with Crippen molar-refractivity contribution >= 4 is 0 Å². The first kappa shape index (κ1) is 17.9. The SMILES string of the molecule is CC(C)CCCN1CCOC(CCN(C)CC(C)C)C1. The summed E-state index contributed by atoms with van der Waals surface area (Å²) in [7, 11) is 2.23. The monoisotopic (exact) mass is 284 g/mol. The second-order valence-corrected chi connectivity index (χ2v) is 7.27. The molecule has 1 heterocycles. The summed E-state index contributed by atoms with van der Waals surface area (Å²) in [6, 6.07) is 0. The molecule has 1 unspecified atom stereocenters. The molecule has 20 heavy (non-hydrogen) atoms. The molecule has 3 nitrogen and oxygen atoms in total. The van der Waals surface area contributed by atoms with E-state index < -0.39 is 0 Å². The fourth-order valence-corrected chi connectivity index (χ4v) is 2.96. The van der Waals surface area contributed by atoms with Crippen LogP contribution in [0.2, 0.25) is 0 Å². The second kappa shape index (κ2) is 9.75. The van der Waals surface area contributed by atoms with Crippen LogP contribution in [0.5, 0.6) is 0 Å². The van der Waals surface area contributed by atoms with Crippen molar-refractivity contribution in [1.29, 1.82) is 0 Å². The first-order valence-corrected chi connectivity index (χ1v) is 8.50. The minimum absolute atomic E-state index is 0.442. The third kappa shape index (κ3) is 8.23. The van der Waals surface area contributed by atoms with Crippen LogP contribution in [0, 0.1) is 11.8 Å². The second-order valence-electron chi connectivity index (χ2n) is 7.27. The molecule has 0 spiro atoms. The lowest BCUT2D eigenvalue weighted by molar-refractivity contribution is -0.0355. The molecule has 3 heteroatoms. The highest BCUT2D eigenvalue weighted by Gasteiger charge is 2.20. The van der Waals surface area contributed by atoms with E-state index in [4.69, 9.17) is 4.74 Å². The Morgan fingerprint density at radius 3 is 2.60 bits per heavy atom. The van der Waals surface area contributed by atoms with Gasteiger partial charge in [0.15, 0.2) is 0 Å². The topological polar surface area (TPSA) is 15.7 Å². The summed E-state index contributed by atoms with van der Waals surface area (Å²) in [6.07, 6.45) is 4.29. The minimum atomic E-state index is 0.442. The fraction of sp³-hybridized carbons (Fsp3) is 1.00. The number of rotatable bonds is 9. The van der Waals surface area contributed by atoms with Crippen molar-refractivity contribution in [1.82, 2.24) is 9.80 Å². The third-order valence-electron chi connectivity index (χ3n) is 3.99. The van der Waals surface area contributed by atoms with Crippen molar-refractivity contribution in [3.63, 3.8) is 0 Å². The zero-order valence-electron chi connectivity index (χ0n) is 14.4. The molecule has 1 rings (SSSR count). The number of morpholine rings is 1. The third-order valence-corrected chi connectivity index (χ3v) is 3.99. The van der Waals surface area contributed by atoms with Gasteiger partial charge in [0.2, 0.25) is 0 Å². The zero-order valence-corrected chi connectivity index (χ0v) is 14.4. The van der Waals surface area contributed by atoms with Gasteiger partial charge < -0.3 is 9.64 Å². The molecule has 120 valence electrons. The molecular weight excluding hydrogens is 248 g/mol. The normalized spacial score (nSPS) is 21.3. The molecule has 1 aliphatic heterocycles. The summed E-state index contributed by atoms with van der Waals surface area (Å²) in [5, 5.41) is 0. The molecule has 1 atom stereocenters. The fourth-order valence-electron chi connectivity index (χ4n) is 2.96. The van der Waals surface area contributed by atoms with E-state index in [1.54, 1.807) is 0 Å². The van der Waals surface area contributed by atoms with Crippen LogP contribution in [0.15, 0.2) is 0 Å². The Labute approximate surface area is 126 Å². The van der Waals surface area contributed by atoms with Crippen molar-refractivity contribution in [2.24, 2.45) is 11.8 Å². The highest BCUT2D eigenvalue weighted by molar-refractivity contribution is 4.73. The molecule has 0 saturated carbocycles. The van der Waals surface area contributed by atoms with Crippen molar-refractivity contribution in [3.05, 3.63) is 0 Å². The van der Waals surface area contributed by atoms with Gasteiger partial charge in [-0.05, 0) is 44.7 Å². The Kier molecular flexibility index (Phi) is 8.74. The summed E-state index contributed by atoms with van der Waals surface area (Å²) in [4.78, 5) is 5.03. The van der Waals surface area contributed by atoms with Crippen molar-refractivity contribution in [2.45, 2.75) is 53.1 Å². The van der Waals surface area contributed by atoms with E-state index >= 15 is 0 Å². The molecule has 1 saturated heterocycles. The minimum Gasteiger partial charge on any atom is -0.376 e. The number of nitrogens with zero attached hydrogens (tertiary/aromatic N) is 2. The molecule has 0 aliphatic carbocycles. The van der Waals surface area contributed by atoms with E-state index in [0.717, 1.165) is 38.1 Å². The van der Waals surface area contributed by atoms with Crippen LogP contribution in [-0.4, -0.2) is 62.3 Å². The predicted octanol–water partition coefficient (Wildman–Crippen LogP) is 3.10. The van der Waals surface area contributed by atoms with Gasteiger partial charge in [-0.2, -0.15) is 0 Å². The number of ether oxygens (including phenoxy) is 1. The smallest absolute Gasteiger partial charge is 0.0714 e. The van der Waals surface area contributed by atoms with Gasteiger partial charge in [-0.15, -0.1) is 0 Å². The summed E-state index contributed by atoms with van der Waals surface area (Å²) in [6.45, 7) is 15.9. The summed E-state index contributed by atoms with van der Waals surface area (Å²) < 4.78 is 5.92. The van der Waals surface area contributed by atoms with Crippen LogP contribution in [0.25, 0.3) is 0 Å². The van der Waals surface area contributed by atoms with Crippen LogP contribution in [-0.2, 0) is 4.74 Å². The molecule has 0 aromatic heterocycles. The Hall–Kier alpha value is -0.120. The van der Waals surface area contributed by atoms with Crippen molar-refractivity contribution in [2.75, 3.05) is 46.4 Å². The van der Waals surface area contributed by atoms with Gasteiger partial charge >= 0.3 is 0 Å². The van der Waals surface area contributed by atoms with Crippen molar-refractivity contribution in [3.8, 4) is 0 Å².